The summed E-state index contributed by atoms with van der Waals surface area (Å²) in [7, 11) is 0. The van der Waals surface area contributed by atoms with Crippen LogP contribution in [0.15, 0.2) is 194 Å². The SMILES string of the molecule is c1ccc(-c2cccc(-c3ccc(N(c4ccccc4)c4ccc5c6ccccc6n(-c6ccc7c(c6)Cc6ccccc6-7)c5c4)cc3)c2)cc1. The fourth-order valence-electron chi connectivity index (χ4n) is 7.98. The number of rotatable bonds is 6. The predicted molar refractivity (Wildman–Crippen MR) is 215 cm³/mol. The molecule has 0 saturated heterocycles. The quantitative estimate of drug-likeness (QED) is 0.174. The molecule has 0 unspecified atom stereocenters. The third kappa shape index (κ3) is 5.04. The third-order valence-electron chi connectivity index (χ3n) is 10.4. The monoisotopic (exact) mass is 650 g/mol. The number of benzene rings is 8. The van der Waals surface area contributed by atoms with Gasteiger partial charge >= 0.3 is 0 Å². The first kappa shape index (κ1) is 29.3. The van der Waals surface area contributed by atoms with Crippen LogP contribution in [0.3, 0.4) is 0 Å². The highest BCUT2D eigenvalue weighted by Crippen LogP contribution is 2.42. The van der Waals surface area contributed by atoms with E-state index >= 15 is 0 Å². The molecule has 0 fully saturated rings. The van der Waals surface area contributed by atoms with Crippen molar-refractivity contribution in [1.29, 1.82) is 0 Å². The summed E-state index contributed by atoms with van der Waals surface area (Å²) in [5, 5.41) is 2.51. The van der Waals surface area contributed by atoms with Crippen LogP contribution in [0.25, 0.3) is 60.9 Å². The van der Waals surface area contributed by atoms with Gasteiger partial charge in [0, 0.05) is 33.5 Å². The van der Waals surface area contributed by atoms with Crippen molar-refractivity contribution in [3.63, 3.8) is 0 Å². The Morgan fingerprint density at radius 2 is 0.961 bits per heavy atom. The first-order valence-electron chi connectivity index (χ1n) is 17.6. The zero-order valence-electron chi connectivity index (χ0n) is 28.1. The maximum atomic E-state index is 2.45. The molecule has 2 nitrogen and oxygen atoms in total. The van der Waals surface area contributed by atoms with Crippen molar-refractivity contribution < 1.29 is 0 Å². The van der Waals surface area contributed by atoms with Crippen molar-refractivity contribution in [2.45, 2.75) is 6.42 Å². The summed E-state index contributed by atoms with van der Waals surface area (Å²) < 4.78 is 2.45. The van der Waals surface area contributed by atoms with E-state index in [0.29, 0.717) is 0 Å². The number of aromatic nitrogens is 1. The molecule has 10 rings (SSSR count). The second-order valence-corrected chi connectivity index (χ2v) is 13.4. The summed E-state index contributed by atoms with van der Waals surface area (Å²) in [5.74, 6) is 0. The van der Waals surface area contributed by atoms with Gasteiger partial charge in [-0.3, -0.25) is 0 Å². The van der Waals surface area contributed by atoms with E-state index in [4.69, 9.17) is 0 Å². The van der Waals surface area contributed by atoms with Crippen molar-refractivity contribution in [3.05, 3.63) is 205 Å². The van der Waals surface area contributed by atoms with Gasteiger partial charge in [0.2, 0.25) is 0 Å². The number of fused-ring (bicyclic) bond motifs is 6. The van der Waals surface area contributed by atoms with Gasteiger partial charge in [0.05, 0.1) is 11.0 Å². The lowest BCUT2D eigenvalue weighted by molar-refractivity contribution is 1.16. The number of nitrogens with zero attached hydrogens (tertiary/aromatic N) is 2. The van der Waals surface area contributed by atoms with Crippen molar-refractivity contribution in [2.24, 2.45) is 0 Å². The Labute approximate surface area is 298 Å². The summed E-state index contributed by atoms with van der Waals surface area (Å²) in [6.07, 6.45) is 0.968. The predicted octanol–water partition coefficient (Wildman–Crippen LogP) is 13.2. The van der Waals surface area contributed by atoms with E-state index < -0.39 is 0 Å². The molecule has 0 saturated carbocycles. The van der Waals surface area contributed by atoms with Gasteiger partial charge in [-0.25, -0.2) is 0 Å². The molecule has 51 heavy (non-hydrogen) atoms. The van der Waals surface area contributed by atoms with Gasteiger partial charge in [-0.15, -0.1) is 0 Å². The van der Waals surface area contributed by atoms with Crippen molar-refractivity contribution in [1.82, 2.24) is 4.57 Å². The molecule has 2 heteroatoms. The molecule has 8 aromatic carbocycles. The minimum atomic E-state index is 0.968. The van der Waals surface area contributed by atoms with Gasteiger partial charge in [0.15, 0.2) is 0 Å². The zero-order chi connectivity index (χ0) is 33.7. The lowest BCUT2D eigenvalue weighted by atomic mass is 9.99. The topological polar surface area (TPSA) is 8.17 Å². The molecule has 0 bridgehead atoms. The summed E-state index contributed by atoms with van der Waals surface area (Å²) >= 11 is 0. The molecule has 0 atom stereocenters. The van der Waals surface area contributed by atoms with Crippen LogP contribution < -0.4 is 4.90 Å². The second-order valence-electron chi connectivity index (χ2n) is 13.4. The van der Waals surface area contributed by atoms with E-state index in [1.807, 2.05) is 0 Å². The van der Waals surface area contributed by atoms with Crippen LogP contribution in [0.4, 0.5) is 17.1 Å². The molecule has 1 aromatic heterocycles. The maximum absolute atomic E-state index is 2.45. The highest BCUT2D eigenvalue weighted by atomic mass is 15.1. The lowest BCUT2D eigenvalue weighted by Gasteiger charge is -2.26. The van der Waals surface area contributed by atoms with Gasteiger partial charge in [-0.1, -0.05) is 133 Å². The number of anilines is 3. The second kappa shape index (κ2) is 12.0. The van der Waals surface area contributed by atoms with Crippen LogP contribution in [0.2, 0.25) is 0 Å². The summed E-state index contributed by atoms with van der Waals surface area (Å²) in [6, 6.07) is 70.6. The first-order chi connectivity index (χ1) is 25.3. The fourth-order valence-corrected chi connectivity index (χ4v) is 7.98. The van der Waals surface area contributed by atoms with Crippen LogP contribution in [-0.2, 0) is 6.42 Å². The number of para-hydroxylation sites is 2. The lowest BCUT2D eigenvalue weighted by Crippen LogP contribution is -2.10. The van der Waals surface area contributed by atoms with E-state index in [2.05, 4.69) is 204 Å². The molecule has 0 N–H and O–H groups in total. The Hall–Kier alpha value is -6.64. The Balaban J connectivity index is 1.09. The minimum Gasteiger partial charge on any atom is -0.310 e. The molecule has 1 heterocycles. The average Bonchev–Trinajstić information content (AvgIpc) is 3.74. The Morgan fingerprint density at radius 3 is 1.78 bits per heavy atom. The molecule has 0 spiro atoms. The molecular formula is C49H34N2. The van der Waals surface area contributed by atoms with E-state index in [1.165, 1.54) is 72.0 Å². The smallest absolute Gasteiger partial charge is 0.0561 e. The minimum absolute atomic E-state index is 0.968. The van der Waals surface area contributed by atoms with E-state index in [9.17, 15) is 0 Å². The zero-order valence-corrected chi connectivity index (χ0v) is 28.1. The molecule has 240 valence electrons. The largest absolute Gasteiger partial charge is 0.310 e. The molecule has 1 aliphatic rings. The molecule has 1 aliphatic carbocycles. The van der Waals surface area contributed by atoms with Gasteiger partial charge in [0.1, 0.15) is 0 Å². The van der Waals surface area contributed by atoms with Crippen LogP contribution >= 0.6 is 0 Å². The van der Waals surface area contributed by atoms with Crippen LogP contribution in [0, 0.1) is 0 Å². The Bertz CT molecular complexity index is 2700. The maximum Gasteiger partial charge on any atom is 0.0561 e. The first-order valence-corrected chi connectivity index (χ1v) is 17.6. The molecule has 0 aliphatic heterocycles. The Kier molecular flexibility index (Phi) is 6.92. The molecular weight excluding hydrogens is 617 g/mol. The molecule has 0 radical (unpaired) electrons. The third-order valence-corrected chi connectivity index (χ3v) is 10.4. The van der Waals surface area contributed by atoms with Gasteiger partial charge in [-0.05, 0) is 112 Å². The number of hydrogen-bond donors (Lipinski definition) is 0. The van der Waals surface area contributed by atoms with E-state index in [-0.39, 0.29) is 0 Å². The van der Waals surface area contributed by atoms with Crippen molar-refractivity contribution >= 4 is 38.9 Å². The van der Waals surface area contributed by atoms with Gasteiger partial charge < -0.3 is 9.47 Å². The van der Waals surface area contributed by atoms with E-state index in [1.54, 1.807) is 0 Å². The van der Waals surface area contributed by atoms with Crippen LogP contribution in [0.1, 0.15) is 11.1 Å². The molecule has 9 aromatic rings. The summed E-state index contributed by atoms with van der Waals surface area (Å²) in [4.78, 5) is 2.37. The Morgan fingerprint density at radius 1 is 0.353 bits per heavy atom. The summed E-state index contributed by atoms with van der Waals surface area (Å²) in [6.45, 7) is 0. The van der Waals surface area contributed by atoms with E-state index in [0.717, 1.165) is 23.5 Å². The van der Waals surface area contributed by atoms with Crippen LogP contribution in [-0.4, -0.2) is 4.57 Å². The average molecular weight is 651 g/mol. The number of hydrogen-bond acceptors (Lipinski definition) is 1. The van der Waals surface area contributed by atoms with Crippen LogP contribution in [0.5, 0.6) is 0 Å². The fraction of sp³-hybridized carbons (Fsp3) is 0.0204. The van der Waals surface area contributed by atoms with Crippen molar-refractivity contribution in [2.75, 3.05) is 4.90 Å². The summed E-state index contributed by atoms with van der Waals surface area (Å²) in [5.41, 5.74) is 17.3. The van der Waals surface area contributed by atoms with Crippen molar-refractivity contribution in [3.8, 4) is 39.1 Å². The van der Waals surface area contributed by atoms with Gasteiger partial charge in [0.25, 0.3) is 0 Å². The highest BCUT2D eigenvalue weighted by molar-refractivity contribution is 6.10. The molecule has 0 amide bonds. The van der Waals surface area contributed by atoms with Gasteiger partial charge in [-0.2, -0.15) is 0 Å². The normalized spacial score (nSPS) is 11.8. The standard InChI is InChI=1S/C49H34N2/c1-3-12-34(13-4-1)36-15-11-16-37(30-36)35-22-24-41(25-23-35)50(40-17-5-2-6-18-40)43-27-29-47-46-20-9-10-21-48(46)51(49(47)33-43)42-26-28-45-39(32-42)31-38-14-7-8-19-44(38)45/h1-30,32-33H,31H2. The highest BCUT2D eigenvalue weighted by Gasteiger charge is 2.21.